The lowest BCUT2D eigenvalue weighted by atomic mass is 10.5. The fourth-order valence-electron chi connectivity index (χ4n) is 0.922. The summed E-state index contributed by atoms with van der Waals surface area (Å²) in [5.74, 6) is 1.12. The lowest BCUT2D eigenvalue weighted by Crippen LogP contribution is -2.37. The summed E-state index contributed by atoms with van der Waals surface area (Å²) in [4.78, 5) is 14.6. The highest BCUT2D eigenvalue weighted by Crippen LogP contribution is 2.09. The van der Waals surface area contributed by atoms with Crippen LogP contribution in [0.1, 0.15) is 6.42 Å². The highest BCUT2D eigenvalue weighted by atomic mass is 32.2. The number of rotatable bonds is 3. The molecule has 4 N–H and O–H groups in total. The number of thioether (sulfide) groups is 1. The molecule has 0 fully saturated rings. The Morgan fingerprint density at radius 2 is 2.46 bits per heavy atom. The number of aliphatic imine (C=N–C) groups is 1. The lowest BCUT2D eigenvalue weighted by Gasteiger charge is -2.12. The van der Waals surface area contributed by atoms with E-state index in [1.807, 2.05) is 0 Å². The summed E-state index contributed by atoms with van der Waals surface area (Å²) in [6.07, 6.45) is 1.15. The summed E-state index contributed by atoms with van der Waals surface area (Å²) < 4.78 is 0. The Bertz CT molecular complexity index is 207. The van der Waals surface area contributed by atoms with Gasteiger partial charge in [-0.3, -0.25) is 4.99 Å². The molecule has 0 aliphatic carbocycles. The van der Waals surface area contributed by atoms with Crippen molar-refractivity contribution in [1.82, 2.24) is 10.6 Å². The minimum absolute atomic E-state index is 0.486. The summed E-state index contributed by atoms with van der Waals surface area (Å²) in [7, 11) is 0. The fraction of sp³-hybridized carbons (Fsp3) is 0.714. The summed E-state index contributed by atoms with van der Waals surface area (Å²) in [5, 5.41) is 6.59. The van der Waals surface area contributed by atoms with E-state index >= 15 is 0 Å². The molecule has 0 aromatic rings. The van der Waals surface area contributed by atoms with Crippen molar-refractivity contribution >= 4 is 23.0 Å². The molecule has 0 radical (unpaired) electrons. The van der Waals surface area contributed by atoms with Crippen molar-refractivity contribution in [3.63, 3.8) is 0 Å². The summed E-state index contributed by atoms with van der Waals surface area (Å²) in [5.41, 5.74) is 4.90. The Labute approximate surface area is 81.5 Å². The molecule has 2 amide bonds. The lowest BCUT2D eigenvalue weighted by molar-refractivity contribution is 0.249. The van der Waals surface area contributed by atoms with Crippen molar-refractivity contribution < 1.29 is 4.79 Å². The van der Waals surface area contributed by atoms with Gasteiger partial charge in [-0.25, -0.2) is 4.79 Å². The third-order valence-corrected chi connectivity index (χ3v) is 2.54. The van der Waals surface area contributed by atoms with Crippen LogP contribution in [0.5, 0.6) is 0 Å². The van der Waals surface area contributed by atoms with Crippen LogP contribution in [0.15, 0.2) is 4.99 Å². The van der Waals surface area contributed by atoms with Crippen LogP contribution in [-0.4, -0.2) is 36.6 Å². The van der Waals surface area contributed by atoms with E-state index in [9.17, 15) is 4.79 Å². The second kappa shape index (κ2) is 5.69. The molecule has 0 atom stereocenters. The molecule has 5 nitrogen and oxygen atoms in total. The van der Waals surface area contributed by atoms with E-state index in [4.69, 9.17) is 5.73 Å². The Kier molecular flexibility index (Phi) is 4.45. The highest BCUT2D eigenvalue weighted by molar-refractivity contribution is 8.13. The predicted octanol–water partition coefficient (Wildman–Crippen LogP) is -0.263. The van der Waals surface area contributed by atoms with Gasteiger partial charge in [0.25, 0.3) is 0 Å². The highest BCUT2D eigenvalue weighted by Gasteiger charge is 2.03. The van der Waals surface area contributed by atoms with E-state index in [1.165, 1.54) is 0 Å². The molecule has 0 saturated carbocycles. The smallest absolute Gasteiger partial charge is 0.312 e. The second-order valence-electron chi connectivity index (χ2n) is 2.61. The zero-order valence-electron chi connectivity index (χ0n) is 7.38. The zero-order valence-corrected chi connectivity index (χ0v) is 8.19. The van der Waals surface area contributed by atoms with Crippen molar-refractivity contribution in [3.05, 3.63) is 0 Å². The van der Waals surface area contributed by atoms with E-state index in [0.29, 0.717) is 13.1 Å². The summed E-state index contributed by atoms with van der Waals surface area (Å²) in [6.45, 7) is 2.11. The first-order chi connectivity index (χ1) is 6.29. The van der Waals surface area contributed by atoms with Gasteiger partial charge in [0.15, 0.2) is 5.17 Å². The van der Waals surface area contributed by atoms with Crippen molar-refractivity contribution in [2.75, 3.05) is 25.4 Å². The minimum Gasteiger partial charge on any atom is -0.363 e. The van der Waals surface area contributed by atoms with Gasteiger partial charge in [0, 0.05) is 25.4 Å². The number of hydrogen-bond acceptors (Lipinski definition) is 4. The number of amides is 2. The van der Waals surface area contributed by atoms with Crippen LogP contribution in [0.3, 0.4) is 0 Å². The standard InChI is InChI=1S/C7H14N4OS/c8-6(12)9-3-4-11-7-10-2-1-5-13-7/h1-5H2,(H,10,11)(H3,8,9,12). The maximum Gasteiger partial charge on any atom is 0.312 e. The van der Waals surface area contributed by atoms with Gasteiger partial charge in [-0.2, -0.15) is 0 Å². The third kappa shape index (κ3) is 4.62. The van der Waals surface area contributed by atoms with Gasteiger partial charge in [-0.15, -0.1) is 0 Å². The van der Waals surface area contributed by atoms with E-state index in [2.05, 4.69) is 15.6 Å². The number of carbonyl (C=O) groups is 1. The molecular formula is C7H14N4OS. The van der Waals surface area contributed by atoms with Crippen LogP contribution < -0.4 is 16.4 Å². The van der Waals surface area contributed by atoms with Crippen molar-refractivity contribution in [1.29, 1.82) is 0 Å². The topological polar surface area (TPSA) is 79.5 Å². The molecule has 0 aromatic carbocycles. The molecule has 0 spiro atoms. The van der Waals surface area contributed by atoms with Crippen LogP contribution >= 0.6 is 11.8 Å². The second-order valence-corrected chi connectivity index (χ2v) is 3.69. The van der Waals surface area contributed by atoms with Crippen LogP contribution in [0, 0.1) is 0 Å². The van der Waals surface area contributed by atoms with Gasteiger partial charge in [0.05, 0.1) is 0 Å². The normalized spacial score (nSPS) is 16.2. The van der Waals surface area contributed by atoms with Crippen LogP contribution in [0.4, 0.5) is 4.79 Å². The van der Waals surface area contributed by atoms with E-state index in [1.54, 1.807) is 11.8 Å². The van der Waals surface area contributed by atoms with Crippen LogP contribution in [0.2, 0.25) is 0 Å². The molecule has 1 heterocycles. The molecule has 1 aliphatic rings. The van der Waals surface area contributed by atoms with Crippen LogP contribution in [-0.2, 0) is 0 Å². The Balaban J connectivity index is 2.04. The monoisotopic (exact) mass is 202 g/mol. The van der Waals surface area contributed by atoms with Gasteiger partial charge < -0.3 is 16.4 Å². The van der Waals surface area contributed by atoms with Gasteiger partial charge >= 0.3 is 6.03 Å². The maximum atomic E-state index is 10.3. The zero-order chi connectivity index (χ0) is 9.52. The van der Waals surface area contributed by atoms with Gasteiger partial charge in [0.2, 0.25) is 0 Å². The maximum absolute atomic E-state index is 10.3. The molecule has 0 bridgehead atoms. The summed E-state index contributed by atoms with van der Waals surface area (Å²) >= 11 is 1.72. The minimum atomic E-state index is -0.486. The van der Waals surface area contributed by atoms with E-state index in [-0.39, 0.29) is 0 Å². The first-order valence-corrected chi connectivity index (χ1v) is 5.22. The largest absolute Gasteiger partial charge is 0.363 e. The van der Waals surface area contributed by atoms with Gasteiger partial charge in [0.1, 0.15) is 0 Å². The van der Waals surface area contributed by atoms with Crippen molar-refractivity contribution in [2.45, 2.75) is 6.42 Å². The summed E-state index contributed by atoms with van der Waals surface area (Å²) in [6, 6.07) is -0.486. The molecule has 74 valence electrons. The van der Waals surface area contributed by atoms with Gasteiger partial charge in [-0.1, -0.05) is 11.8 Å². The number of nitrogens with two attached hydrogens (primary N) is 1. The van der Waals surface area contributed by atoms with E-state index < -0.39 is 6.03 Å². The molecule has 1 rings (SSSR count). The molecule has 0 aromatic heterocycles. The van der Waals surface area contributed by atoms with Gasteiger partial charge in [-0.05, 0) is 6.42 Å². The number of amidine groups is 1. The average molecular weight is 202 g/mol. The number of nitrogens with one attached hydrogen (secondary N) is 2. The Morgan fingerprint density at radius 3 is 3.08 bits per heavy atom. The van der Waals surface area contributed by atoms with Crippen LogP contribution in [0.25, 0.3) is 0 Å². The number of urea groups is 1. The Morgan fingerprint density at radius 1 is 1.62 bits per heavy atom. The quantitative estimate of drug-likeness (QED) is 0.551. The first kappa shape index (κ1) is 10.2. The molecule has 1 aliphatic heterocycles. The first-order valence-electron chi connectivity index (χ1n) is 4.23. The molecule has 0 saturated heterocycles. The number of primary amides is 1. The molecule has 6 heteroatoms. The molecule has 13 heavy (non-hydrogen) atoms. The SMILES string of the molecule is NC(=O)NCCNC1=NCCCS1. The number of hydrogen-bond donors (Lipinski definition) is 3. The number of carbonyl (C=O) groups excluding carboxylic acids is 1. The van der Waals surface area contributed by atoms with Crippen molar-refractivity contribution in [3.8, 4) is 0 Å². The molecule has 0 unspecified atom stereocenters. The number of nitrogens with zero attached hydrogens (tertiary/aromatic N) is 1. The molecular weight excluding hydrogens is 188 g/mol. The van der Waals surface area contributed by atoms with E-state index in [0.717, 1.165) is 23.9 Å². The predicted molar refractivity (Wildman–Crippen MR) is 55.0 cm³/mol. The fourth-order valence-corrected chi connectivity index (χ4v) is 1.78. The third-order valence-electron chi connectivity index (χ3n) is 1.50. The Hall–Kier alpha value is -0.910. The average Bonchev–Trinajstić information content (AvgIpc) is 2.14. The van der Waals surface area contributed by atoms with Crippen molar-refractivity contribution in [2.24, 2.45) is 10.7 Å².